The van der Waals surface area contributed by atoms with E-state index < -0.39 is 5.60 Å². The summed E-state index contributed by atoms with van der Waals surface area (Å²) in [5.74, 6) is 2.04. The molecule has 0 saturated carbocycles. The maximum absolute atomic E-state index is 11.6. The van der Waals surface area contributed by atoms with E-state index in [9.17, 15) is 4.79 Å². The van der Waals surface area contributed by atoms with Crippen LogP contribution in [-0.4, -0.2) is 66.8 Å². The maximum Gasteiger partial charge on any atom is 0.407 e. The molecule has 0 aromatic carbocycles. The number of aliphatic imine (C=N–C) groups is 1. The lowest BCUT2D eigenvalue weighted by Gasteiger charge is -2.34. The maximum atomic E-state index is 11.6. The second-order valence-corrected chi connectivity index (χ2v) is 7.66. The van der Waals surface area contributed by atoms with Gasteiger partial charge in [-0.25, -0.2) is 4.79 Å². The van der Waals surface area contributed by atoms with Gasteiger partial charge in [-0.2, -0.15) is 11.8 Å². The van der Waals surface area contributed by atoms with Gasteiger partial charge in [-0.05, 0) is 27.2 Å². The highest BCUT2D eigenvalue weighted by molar-refractivity contribution is 14.0. The summed E-state index contributed by atoms with van der Waals surface area (Å²) in [6.45, 7) is 11.0. The molecule has 1 aliphatic heterocycles. The summed E-state index contributed by atoms with van der Waals surface area (Å²) in [5.41, 5.74) is -0.464. The molecule has 1 heterocycles. The van der Waals surface area contributed by atoms with Gasteiger partial charge in [0, 0.05) is 44.2 Å². The molecular formula is C15H31IN4O2S. The Labute approximate surface area is 161 Å². The molecule has 1 amide bonds. The summed E-state index contributed by atoms with van der Waals surface area (Å²) in [6.07, 6.45) is 0.794. The Bertz CT molecular complexity index is 388. The zero-order chi connectivity index (χ0) is 16.6. The van der Waals surface area contributed by atoms with E-state index in [2.05, 4.69) is 27.4 Å². The first-order valence-electron chi connectivity index (χ1n) is 7.89. The average molecular weight is 458 g/mol. The fourth-order valence-electron chi connectivity index (χ4n) is 2.14. The molecule has 136 valence electrons. The van der Waals surface area contributed by atoms with Crippen molar-refractivity contribution in [3.8, 4) is 0 Å². The monoisotopic (exact) mass is 458 g/mol. The van der Waals surface area contributed by atoms with Gasteiger partial charge in [0.2, 0.25) is 0 Å². The molecule has 1 rings (SSSR count). The Hall–Kier alpha value is -0.380. The Balaban J connectivity index is 0.00000484. The van der Waals surface area contributed by atoms with Crippen molar-refractivity contribution in [1.29, 1.82) is 0 Å². The molecule has 6 nitrogen and oxygen atoms in total. The minimum Gasteiger partial charge on any atom is -0.444 e. The van der Waals surface area contributed by atoms with E-state index in [1.807, 2.05) is 32.5 Å². The number of hydrogen-bond acceptors (Lipinski definition) is 4. The number of rotatable bonds is 4. The molecule has 0 aliphatic carbocycles. The standard InChI is InChI=1S/C15H30N4O2S.HI/c1-6-12-11-19(9-10-22-12)13(16-5)17-7-8-18-14(20)21-15(2,3)4;/h12H,6-11H2,1-5H3,(H,16,17)(H,18,20);1H. The van der Waals surface area contributed by atoms with E-state index in [0.717, 1.165) is 24.8 Å². The van der Waals surface area contributed by atoms with E-state index in [4.69, 9.17) is 4.74 Å². The third kappa shape index (κ3) is 9.49. The smallest absolute Gasteiger partial charge is 0.407 e. The summed E-state index contributed by atoms with van der Waals surface area (Å²) in [4.78, 5) is 18.2. The summed E-state index contributed by atoms with van der Waals surface area (Å²) < 4.78 is 5.19. The van der Waals surface area contributed by atoms with Gasteiger partial charge in [0.05, 0.1) is 0 Å². The number of halogens is 1. The molecule has 0 radical (unpaired) electrons. The van der Waals surface area contributed by atoms with Crippen LogP contribution < -0.4 is 10.6 Å². The van der Waals surface area contributed by atoms with Gasteiger partial charge in [0.25, 0.3) is 0 Å². The van der Waals surface area contributed by atoms with Crippen molar-refractivity contribution in [2.45, 2.75) is 45.0 Å². The fourth-order valence-corrected chi connectivity index (χ4v) is 3.32. The van der Waals surface area contributed by atoms with E-state index in [0.29, 0.717) is 18.3 Å². The highest BCUT2D eigenvalue weighted by Gasteiger charge is 2.21. The molecule has 1 saturated heterocycles. The summed E-state index contributed by atoms with van der Waals surface area (Å²) in [6, 6.07) is 0. The Morgan fingerprint density at radius 1 is 1.35 bits per heavy atom. The number of guanidine groups is 1. The van der Waals surface area contributed by atoms with Gasteiger partial charge >= 0.3 is 6.09 Å². The van der Waals surface area contributed by atoms with Crippen LogP contribution >= 0.6 is 35.7 Å². The Kier molecular flexibility index (Phi) is 11.0. The van der Waals surface area contributed by atoms with E-state index in [-0.39, 0.29) is 30.1 Å². The Morgan fingerprint density at radius 3 is 2.57 bits per heavy atom. The van der Waals surface area contributed by atoms with Crippen LogP contribution in [0, 0.1) is 0 Å². The predicted molar refractivity (Wildman–Crippen MR) is 109 cm³/mol. The van der Waals surface area contributed by atoms with Crippen molar-refractivity contribution >= 4 is 47.8 Å². The van der Waals surface area contributed by atoms with Crippen molar-refractivity contribution < 1.29 is 9.53 Å². The number of carbonyl (C=O) groups is 1. The second kappa shape index (κ2) is 11.2. The zero-order valence-corrected chi connectivity index (χ0v) is 18.0. The third-order valence-corrected chi connectivity index (χ3v) is 4.55. The van der Waals surface area contributed by atoms with Gasteiger partial charge in [0.1, 0.15) is 5.60 Å². The van der Waals surface area contributed by atoms with Crippen molar-refractivity contribution in [2.24, 2.45) is 4.99 Å². The quantitative estimate of drug-likeness (QED) is 0.294. The lowest BCUT2D eigenvalue weighted by Crippen LogP contribution is -2.49. The number of nitrogens with zero attached hydrogens (tertiary/aromatic N) is 2. The molecule has 8 heteroatoms. The molecule has 23 heavy (non-hydrogen) atoms. The average Bonchev–Trinajstić information content (AvgIpc) is 2.45. The van der Waals surface area contributed by atoms with E-state index in [1.54, 1.807) is 7.05 Å². The highest BCUT2D eigenvalue weighted by atomic mass is 127. The molecule has 1 aliphatic rings. The van der Waals surface area contributed by atoms with Crippen LogP contribution in [0.2, 0.25) is 0 Å². The molecule has 2 N–H and O–H groups in total. The number of amides is 1. The number of thioether (sulfide) groups is 1. The van der Waals surface area contributed by atoms with Crippen molar-refractivity contribution in [3.63, 3.8) is 0 Å². The van der Waals surface area contributed by atoms with Gasteiger partial charge < -0.3 is 20.3 Å². The van der Waals surface area contributed by atoms with Crippen LogP contribution in [-0.2, 0) is 4.74 Å². The van der Waals surface area contributed by atoms with Crippen molar-refractivity contribution in [2.75, 3.05) is 39.0 Å². The van der Waals surface area contributed by atoms with Gasteiger partial charge in [0.15, 0.2) is 5.96 Å². The molecule has 0 bridgehead atoms. The molecular weight excluding hydrogens is 427 g/mol. The van der Waals surface area contributed by atoms with Crippen LogP contribution in [0.4, 0.5) is 4.79 Å². The first kappa shape index (κ1) is 22.6. The largest absolute Gasteiger partial charge is 0.444 e. The van der Waals surface area contributed by atoms with Gasteiger partial charge in [-0.1, -0.05) is 6.92 Å². The molecule has 0 spiro atoms. The fraction of sp³-hybridized carbons (Fsp3) is 0.867. The van der Waals surface area contributed by atoms with E-state index in [1.165, 1.54) is 6.42 Å². The minimum absolute atomic E-state index is 0. The zero-order valence-electron chi connectivity index (χ0n) is 14.8. The number of nitrogens with one attached hydrogen (secondary N) is 2. The summed E-state index contributed by atoms with van der Waals surface area (Å²) in [5, 5.41) is 6.71. The number of alkyl carbamates (subject to hydrolysis) is 1. The highest BCUT2D eigenvalue weighted by Crippen LogP contribution is 2.20. The lowest BCUT2D eigenvalue weighted by molar-refractivity contribution is 0.0529. The second-order valence-electron chi connectivity index (χ2n) is 6.25. The number of carbonyl (C=O) groups excluding carboxylic acids is 1. The number of ether oxygens (including phenoxy) is 1. The molecule has 0 aromatic heterocycles. The predicted octanol–water partition coefficient (Wildman–Crippen LogP) is 2.53. The van der Waals surface area contributed by atoms with Gasteiger partial charge in [-0.3, -0.25) is 4.99 Å². The molecule has 1 atom stereocenters. The van der Waals surface area contributed by atoms with E-state index >= 15 is 0 Å². The third-order valence-electron chi connectivity index (χ3n) is 3.18. The number of hydrogen-bond donors (Lipinski definition) is 2. The van der Waals surface area contributed by atoms with Crippen LogP contribution in [0.1, 0.15) is 34.1 Å². The van der Waals surface area contributed by atoms with Crippen molar-refractivity contribution in [1.82, 2.24) is 15.5 Å². The topological polar surface area (TPSA) is 66.0 Å². The SMILES string of the molecule is CCC1CN(C(=NC)NCCNC(=O)OC(C)(C)C)CCS1.I. The normalized spacial score (nSPS) is 18.9. The molecule has 1 fully saturated rings. The van der Waals surface area contributed by atoms with Crippen LogP contribution in [0.25, 0.3) is 0 Å². The molecule has 0 aromatic rings. The van der Waals surface area contributed by atoms with Gasteiger partial charge in [-0.15, -0.1) is 24.0 Å². The molecule has 1 unspecified atom stereocenters. The first-order valence-corrected chi connectivity index (χ1v) is 8.94. The lowest BCUT2D eigenvalue weighted by atomic mass is 10.2. The van der Waals surface area contributed by atoms with Crippen molar-refractivity contribution in [3.05, 3.63) is 0 Å². The van der Waals surface area contributed by atoms with Crippen LogP contribution in [0.3, 0.4) is 0 Å². The summed E-state index contributed by atoms with van der Waals surface area (Å²) >= 11 is 2.03. The Morgan fingerprint density at radius 2 is 2.00 bits per heavy atom. The van der Waals surface area contributed by atoms with Crippen LogP contribution in [0.5, 0.6) is 0 Å². The first-order chi connectivity index (χ1) is 10.4. The summed E-state index contributed by atoms with van der Waals surface area (Å²) in [7, 11) is 1.80. The van der Waals surface area contributed by atoms with Crippen LogP contribution in [0.15, 0.2) is 4.99 Å². The minimum atomic E-state index is -0.464.